The zero-order valence-electron chi connectivity index (χ0n) is 19.8. The molecule has 3 aromatic rings. The maximum Gasteiger partial charge on any atom is 0.247 e. The van der Waals surface area contributed by atoms with Crippen LogP contribution in [-0.4, -0.2) is 49.0 Å². The number of fused-ring (bicyclic) bond motifs is 3. The van der Waals surface area contributed by atoms with Crippen LogP contribution in [0, 0.1) is 11.6 Å². The van der Waals surface area contributed by atoms with Gasteiger partial charge in [-0.3, -0.25) is 9.59 Å². The van der Waals surface area contributed by atoms with Crippen molar-refractivity contribution >= 4 is 17.3 Å². The Morgan fingerprint density at radius 2 is 1.58 bits per heavy atom. The van der Waals surface area contributed by atoms with Crippen LogP contribution >= 0.6 is 0 Å². The Hall–Kier alpha value is -3.84. The molecule has 3 aromatic carbocycles. The molecule has 1 atom stereocenters. The number of ether oxygens (including phenoxy) is 2. The van der Waals surface area contributed by atoms with Crippen LogP contribution in [0.1, 0.15) is 34.8 Å². The van der Waals surface area contributed by atoms with Gasteiger partial charge in [-0.2, -0.15) is 0 Å². The maximum atomic E-state index is 14.4. The van der Waals surface area contributed by atoms with Crippen LogP contribution in [0.4, 0.5) is 8.78 Å². The second-order valence-electron chi connectivity index (χ2n) is 8.78. The summed E-state index contributed by atoms with van der Waals surface area (Å²) < 4.78 is 39.9. The molecular formula is C29H25F2NO4. The molecule has 5 rings (SSSR count). The lowest BCUT2D eigenvalue weighted by atomic mass is 10.0. The molecule has 36 heavy (non-hydrogen) atoms. The van der Waals surface area contributed by atoms with Crippen molar-refractivity contribution in [1.29, 1.82) is 0 Å². The number of amides is 1. The Labute approximate surface area is 207 Å². The molecule has 184 valence electrons. The zero-order chi connectivity index (χ0) is 25.2. The van der Waals surface area contributed by atoms with Crippen molar-refractivity contribution in [3.8, 4) is 16.9 Å². The molecule has 0 bridgehead atoms. The molecule has 2 aliphatic rings. The number of ketones is 1. The number of carbonyl (C=O) groups is 2. The molecule has 0 N–H and O–H groups in total. The highest BCUT2D eigenvalue weighted by Gasteiger charge is 2.28. The Balaban J connectivity index is 1.29. The minimum atomic E-state index is -0.946. The van der Waals surface area contributed by atoms with Crippen molar-refractivity contribution in [3.05, 3.63) is 95.1 Å². The largest absolute Gasteiger partial charge is 0.485 e. The molecule has 1 saturated heterocycles. The molecule has 0 aromatic heterocycles. The molecule has 1 heterocycles. The summed E-state index contributed by atoms with van der Waals surface area (Å²) in [6.07, 6.45) is 1.24. The second kappa shape index (κ2) is 10.0. The van der Waals surface area contributed by atoms with Crippen LogP contribution < -0.4 is 4.74 Å². The third-order valence-electron chi connectivity index (χ3n) is 6.50. The summed E-state index contributed by atoms with van der Waals surface area (Å²) in [5.41, 5.74) is 5.05. The lowest BCUT2D eigenvalue weighted by Crippen LogP contribution is -2.47. The first-order valence-electron chi connectivity index (χ1n) is 11.9. The van der Waals surface area contributed by atoms with E-state index in [1.807, 2.05) is 48.5 Å². The van der Waals surface area contributed by atoms with Gasteiger partial charge in [-0.05, 0) is 40.0 Å². The third kappa shape index (κ3) is 4.54. The van der Waals surface area contributed by atoms with E-state index in [1.54, 1.807) is 17.9 Å². The number of halogens is 2. The molecule has 1 aliphatic carbocycles. The Morgan fingerprint density at radius 1 is 1.00 bits per heavy atom. The highest BCUT2D eigenvalue weighted by atomic mass is 19.1. The monoisotopic (exact) mass is 489 g/mol. The average molecular weight is 490 g/mol. The van der Waals surface area contributed by atoms with Gasteiger partial charge in [0, 0.05) is 24.6 Å². The summed E-state index contributed by atoms with van der Waals surface area (Å²) in [6.45, 7) is 2.39. The second-order valence-corrected chi connectivity index (χ2v) is 8.78. The molecule has 1 unspecified atom stereocenters. The number of morpholine rings is 1. The van der Waals surface area contributed by atoms with E-state index in [0.29, 0.717) is 6.54 Å². The van der Waals surface area contributed by atoms with Crippen LogP contribution in [0.3, 0.4) is 0 Å². The van der Waals surface area contributed by atoms with Crippen LogP contribution in [-0.2, 0) is 9.53 Å². The fourth-order valence-electron chi connectivity index (χ4n) is 4.68. The van der Waals surface area contributed by atoms with Crippen molar-refractivity contribution in [2.24, 2.45) is 0 Å². The normalized spacial score (nSPS) is 16.4. The minimum absolute atomic E-state index is 0.0337. The van der Waals surface area contributed by atoms with E-state index >= 15 is 0 Å². The first-order valence-corrected chi connectivity index (χ1v) is 11.9. The van der Waals surface area contributed by atoms with Gasteiger partial charge in [0.25, 0.3) is 0 Å². The lowest BCUT2D eigenvalue weighted by molar-refractivity contribution is -0.134. The van der Waals surface area contributed by atoms with E-state index in [1.165, 1.54) is 0 Å². The quantitative estimate of drug-likeness (QED) is 0.273. The van der Waals surface area contributed by atoms with Crippen molar-refractivity contribution in [2.75, 3.05) is 26.3 Å². The summed E-state index contributed by atoms with van der Waals surface area (Å²) in [5, 5.41) is 0. The number of hydrogen-bond donors (Lipinski definition) is 0. The molecule has 1 aliphatic heterocycles. The molecule has 5 nitrogen and oxygen atoms in total. The summed E-state index contributed by atoms with van der Waals surface area (Å²) >= 11 is 0. The van der Waals surface area contributed by atoms with Crippen molar-refractivity contribution in [1.82, 2.24) is 4.90 Å². The van der Waals surface area contributed by atoms with E-state index in [0.717, 1.165) is 40.0 Å². The average Bonchev–Trinajstić information content (AvgIpc) is 3.21. The summed E-state index contributed by atoms with van der Waals surface area (Å²) in [4.78, 5) is 26.6. The van der Waals surface area contributed by atoms with Crippen LogP contribution in [0.2, 0.25) is 0 Å². The number of benzene rings is 3. The standard InChI is InChI=1S/C29H25F2NO4/c1-2-27(33)18-13-25(30)29(26(31)14-18)36-17-19-16-32(11-12-35-19)28(34)15-24-22-9-5-3-7-20(22)21-8-4-6-10-23(21)24/h3-10,13-15,19H,2,11-12,16-17H2,1H3. The van der Waals surface area contributed by atoms with Gasteiger partial charge in [-0.1, -0.05) is 55.5 Å². The van der Waals surface area contributed by atoms with Crippen molar-refractivity contribution in [2.45, 2.75) is 19.4 Å². The van der Waals surface area contributed by atoms with Gasteiger partial charge in [-0.25, -0.2) is 8.78 Å². The fraction of sp³-hybridized carbons (Fsp3) is 0.241. The number of carbonyl (C=O) groups excluding carboxylic acids is 2. The molecule has 0 radical (unpaired) electrons. The van der Waals surface area contributed by atoms with Gasteiger partial charge < -0.3 is 14.4 Å². The highest BCUT2D eigenvalue weighted by molar-refractivity contribution is 6.08. The lowest BCUT2D eigenvalue weighted by Gasteiger charge is -2.32. The first-order chi connectivity index (χ1) is 17.5. The highest BCUT2D eigenvalue weighted by Crippen LogP contribution is 2.43. The molecule has 1 fully saturated rings. The smallest absolute Gasteiger partial charge is 0.247 e. The predicted molar refractivity (Wildman–Crippen MR) is 132 cm³/mol. The van der Waals surface area contributed by atoms with Crippen LogP contribution in [0.15, 0.2) is 66.7 Å². The van der Waals surface area contributed by atoms with Gasteiger partial charge in [0.1, 0.15) is 12.7 Å². The number of rotatable bonds is 6. The number of nitrogens with zero attached hydrogens (tertiary/aromatic N) is 1. The van der Waals surface area contributed by atoms with E-state index in [2.05, 4.69) is 0 Å². The van der Waals surface area contributed by atoms with Gasteiger partial charge in [0.05, 0.1) is 13.2 Å². The zero-order valence-corrected chi connectivity index (χ0v) is 19.8. The molecule has 0 saturated carbocycles. The van der Waals surface area contributed by atoms with Crippen LogP contribution in [0.5, 0.6) is 5.75 Å². The van der Waals surface area contributed by atoms with E-state index in [9.17, 15) is 18.4 Å². The van der Waals surface area contributed by atoms with Crippen molar-refractivity contribution < 1.29 is 27.8 Å². The molecular weight excluding hydrogens is 464 g/mol. The van der Waals surface area contributed by atoms with E-state index < -0.39 is 23.5 Å². The summed E-state index contributed by atoms with van der Waals surface area (Å²) in [5.74, 6) is -2.97. The molecule has 0 spiro atoms. The summed E-state index contributed by atoms with van der Waals surface area (Å²) in [7, 11) is 0. The topological polar surface area (TPSA) is 55.8 Å². The van der Waals surface area contributed by atoms with Gasteiger partial charge in [0.15, 0.2) is 23.2 Å². The fourth-order valence-corrected chi connectivity index (χ4v) is 4.68. The molecule has 7 heteroatoms. The van der Waals surface area contributed by atoms with Crippen LogP contribution in [0.25, 0.3) is 16.7 Å². The summed E-state index contributed by atoms with van der Waals surface area (Å²) in [6, 6.07) is 17.9. The predicted octanol–water partition coefficient (Wildman–Crippen LogP) is 5.28. The Kier molecular flexibility index (Phi) is 6.65. The van der Waals surface area contributed by atoms with Gasteiger partial charge >= 0.3 is 0 Å². The Morgan fingerprint density at radius 3 is 2.17 bits per heavy atom. The van der Waals surface area contributed by atoms with E-state index in [-0.39, 0.29) is 43.4 Å². The SMILES string of the molecule is CCC(=O)c1cc(F)c(OCC2CN(C(=O)C=C3c4ccccc4-c4ccccc43)CCO2)c(F)c1. The maximum absolute atomic E-state index is 14.4. The number of hydrogen-bond acceptors (Lipinski definition) is 4. The third-order valence-corrected chi connectivity index (χ3v) is 6.50. The van der Waals surface area contributed by atoms with Crippen molar-refractivity contribution in [3.63, 3.8) is 0 Å². The minimum Gasteiger partial charge on any atom is -0.485 e. The van der Waals surface area contributed by atoms with Gasteiger partial charge in [0.2, 0.25) is 5.91 Å². The van der Waals surface area contributed by atoms with E-state index in [4.69, 9.17) is 9.47 Å². The first kappa shape index (κ1) is 23.9. The Bertz CT molecular complexity index is 1300. The number of Topliss-reactive ketones (excluding diaryl/α,β-unsaturated/α-hetero) is 1. The van der Waals surface area contributed by atoms with Gasteiger partial charge in [-0.15, -0.1) is 0 Å². The molecule has 1 amide bonds.